The molecule has 1 aromatic carbocycles. The van der Waals surface area contributed by atoms with Crippen molar-refractivity contribution < 1.29 is 17.9 Å². The van der Waals surface area contributed by atoms with Gasteiger partial charge in [-0.15, -0.1) is 0 Å². The number of hydrogen-bond acceptors (Lipinski definition) is 4. The maximum absolute atomic E-state index is 12.4. The molecule has 2 aliphatic rings. The average Bonchev–Trinajstić information content (AvgIpc) is 2.84. The van der Waals surface area contributed by atoms with Crippen LogP contribution in [0.5, 0.6) is 5.75 Å². The summed E-state index contributed by atoms with van der Waals surface area (Å²) >= 11 is 0. The summed E-state index contributed by atoms with van der Waals surface area (Å²) in [5.41, 5.74) is 0.892. The summed E-state index contributed by atoms with van der Waals surface area (Å²) < 4.78 is 32.7. The molecule has 1 fully saturated rings. The maximum Gasteiger partial charge on any atom is 0.241 e. The standard InChI is InChI=1S/C14H18N2O4S/c17-14-12(3-1-2-7-15-14)16-21(18,19)11-4-5-13-10(9-11)6-8-20-13/h4-5,9,12,16H,1-3,6-8H2,(H,15,17). The summed E-state index contributed by atoms with van der Waals surface area (Å²) in [7, 11) is -3.70. The van der Waals surface area contributed by atoms with E-state index in [0.717, 1.165) is 24.2 Å². The second-order valence-corrected chi connectivity index (χ2v) is 7.04. The number of carbonyl (C=O) groups is 1. The molecule has 0 aliphatic carbocycles. The van der Waals surface area contributed by atoms with Crippen molar-refractivity contribution in [1.82, 2.24) is 10.0 Å². The summed E-state index contributed by atoms with van der Waals surface area (Å²) in [6.07, 6.45) is 2.94. The minimum absolute atomic E-state index is 0.184. The van der Waals surface area contributed by atoms with Gasteiger partial charge in [0, 0.05) is 13.0 Å². The van der Waals surface area contributed by atoms with Crippen molar-refractivity contribution in [2.75, 3.05) is 13.2 Å². The van der Waals surface area contributed by atoms with Crippen LogP contribution in [0, 0.1) is 0 Å². The number of hydrogen-bond donors (Lipinski definition) is 2. The highest BCUT2D eigenvalue weighted by Gasteiger charge is 2.27. The van der Waals surface area contributed by atoms with Gasteiger partial charge in [-0.2, -0.15) is 4.72 Å². The van der Waals surface area contributed by atoms with E-state index in [1.807, 2.05) is 0 Å². The van der Waals surface area contributed by atoms with Crippen LogP contribution in [-0.4, -0.2) is 33.5 Å². The van der Waals surface area contributed by atoms with Gasteiger partial charge in [0.05, 0.1) is 11.5 Å². The van der Waals surface area contributed by atoms with Gasteiger partial charge in [0.15, 0.2) is 0 Å². The maximum atomic E-state index is 12.4. The van der Waals surface area contributed by atoms with Crippen molar-refractivity contribution in [3.05, 3.63) is 23.8 Å². The Morgan fingerprint density at radius 1 is 1.29 bits per heavy atom. The molecule has 0 saturated carbocycles. The summed E-state index contributed by atoms with van der Waals surface area (Å²) in [5, 5.41) is 2.72. The fourth-order valence-electron chi connectivity index (χ4n) is 2.64. The van der Waals surface area contributed by atoms with E-state index in [1.54, 1.807) is 12.1 Å². The normalized spacial score (nSPS) is 22.1. The third-order valence-electron chi connectivity index (χ3n) is 3.80. The van der Waals surface area contributed by atoms with Crippen LogP contribution in [0.2, 0.25) is 0 Å². The monoisotopic (exact) mass is 310 g/mol. The second kappa shape index (κ2) is 5.65. The number of nitrogens with one attached hydrogen (secondary N) is 2. The van der Waals surface area contributed by atoms with Gasteiger partial charge >= 0.3 is 0 Å². The molecular weight excluding hydrogens is 292 g/mol. The molecule has 1 amide bonds. The molecule has 1 unspecified atom stereocenters. The number of sulfonamides is 1. The van der Waals surface area contributed by atoms with E-state index in [1.165, 1.54) is 6.07 Å². The quantitative estimate of drug-likeness (QED) is 0.855. The Kier molecular flexibility index (Phi) is 3.86. The SMILES string of the molecule is O=C1NCCCCC1NS(=O)(=O)c1ccc2c(c1)CCO2. The molecule has 2 N–H and O–H groups in total. The summed E-state index contributed by atoms with van der Waals surface area (Å²) in [6, 6.07) is 4.12. The zero-order valence-corrected chi connectivity index (χ0v) is 12.4. The first-order valence-electron chi connectivity index (χ1n) is 7.12. The van der Waals surface area contributed by atoms with Crippen molar-refractivity contribution in [3.8, 4) is 5.75 Å². The molecule has 1 saturated heterocycles. The van der Waals surface area contributed by atoms with Gasteiger partial charge in [0.25, 0.3) is 0 Å². The van der Waals surface area contributed by atoms with Gasteiger partial charge < -0.3 is 10.1 Å². The molecule has 1 aromatic rings. The molecule has 0 spiro atoms. The van der Waals surface area contributed by atoms with Crippen molar-refractivity contribution >= 4 is 15.9 Å². The number of benzene rings is 1. The highest BCUT2D eigenvalue weighted by atomic mass is 32.2. The first-order chi connectivity index (χ1) is 10.1. The zero-order valence-electron chi connectivity index (χ0n) is 11.6. The number of rotatable bonds is 3. The summed E-state index contributed by atoms with van der Waals surface area (Å²) in [6.45, 7) is 1.19. The lowest BCUT2D eigenvalue weighted by atomic mass is 10.1. The first-order valence-corrected chi connectivity index (χ1v) is 8.60. The van der Waals surface area contributed by atoms with Gasteiger partial charge in [-0.1, -0.05) is 0 Å². The van der Waals surface area contributed by atoms with Gasteiger partial charge in [-0.3, -0.25) is 4.79 Å². The van der Waals surface area contributed by atoms with Crippen LogP contribution in [0.4, 0.5) is 0 Å². The molecule has 2 aliphatic heterocycles. The topological polar surface area (TPSA) is 84.5 Å². The lowest BCUT2D eigenvalue weighted by Crippen LogP contribution is -2.45. The first kappa shape index (κ1) is 14.3. The van der Waals surface area contributed by atoms with Crippen molar-refractivity contribution in [3.63, 3.8) is 0 Å². The van der Waals surface area contributed by atoms with Crippen LogP contribution in [0.3, 0.4) is 0 Å². The molecule has 21 heavy (non-hydrogen) atoms. The van der Waals surface area contributed by atoms with E-state index in [4.69, 9.17) is 4.74 Å². The Bertz CT molecular complexity index is 657. The average molecular weight is 310 g/mol. The summed E-state index contributed by atoms with van der Waals surface area (Å²) in [5.74, 6) is 0.488. The van der Waals surface area contributed by atoms with Gasteiger partial charge in [0.2, 0.25) is 15.9 Å². The molecule has 2 heterocycles. The second-order valence-electron chi connectivity index (χ2n) is 5.33. The number of amides is 1. The van der Waals surface area contributed by atoms with Gasteiger partial charge in [0.1, 0.15) is 11.8 Å². The Hall–Kier alpha value is -1.60. The lowest BCUT2D eigenvalue weighted by Gasteiger charge is -2.15. The van der Waals surface area contributed by atoms with E-state index in [0.29, 0.717) is 26.0 Å². The minimum Gasteiger partial charge on any atom is -0.493 e. The fourth-order valence-corrected chi connectivity index (χ4v) is 3.92. The molecular formula is C14H18N2O4S. The molecule has 3 rings (SSSR count). The van der Waals surface area contributed by atoms with E-state index in [2.05, 4.69) is 10.0 Å². The van der Waals surface area contributed by atoms with E-state index < -0.39 is 16.1 Å². The van der Waals surface area contributed by atoms with Crippen molar-refractivity contribution in [2.45, 2.75) is 36.6 Å². The van der Waals surface area contributed by atoms with Crippen molar-refractivity contribution in [1.29, 1.82) is 0 Å². The fraction of sp³-hybridized carbons (Fsp3) is 0.500. The molecule has 1 atom stereocenters. The van der Waals surface area contributed by atoms with E-state index in [-0.39, 0.29) is 10.8 Å². The molecule has 0 aromatic heterocycles. The van der Waals surface area contributed by atoms with E-state index >= 15 is 0 Å². The van der Waals surface area contributed by atoms with Gasteiger partial charge in [-0.25, -0.2) is 8.42 Å². The Morgan fingerprint density at radius 2 is 2.14 bits per heavy atom. The van der Waals surface area contributed by atoms with Gasteiger partial charge in [-0.05, 0) is 43.0 Å². The molecule has 7 heteroatoms. The van der Waals surface area contributed by atoms with Crippen molar-refractivity contribution in [2.24, 2.45) is 0 Å². The molecule has 114 valence electrons. The smallest absolute Gasteiger partial charge is 0.241 e. The Balaban J connectivity index is 1.81. The molecule has 6 nitrogen and oxygen atoms in total. The lowest BCUT2D eigenvalue weighted by molar-refractivity contribution is -0.122. The Morgan fingerprint density at radius 3 is 3.00 bits per heavy atom. The highest BCUT2D eigenvalue weighted by Crippen LogP contribution is 2.27. The van der Waals surface area contributed by atoms with Crippen LogP contribution in [0.25, 0.3) is 0 Å². The predicted octanol–water partition coefficient (Wildman–Crippen LogP) is 0.568. The third-order valence-corrected chi connectivity index (χ3v) is 5.27. The Labute approximate surface area is 123 Å². The zero-order chi connectivity index (χ0) is 14.9. The highest BCUT2D eigenvalue weighted by molar-refractivity contribution is 7.89. The number of fused-ring (bicyclic) bond motifs is 1. The van der Waals surface area contributed by atoms with Crippen LogP contribution in [0.15, 0.2) is 23.1 Å². The van der Waals surface area contributed by atoms with Crippen LogP contribution in [-0.2, 0) is 21.2 Å². The minimum atomic E-state index is -3.70. The largest absolute Gasteiger partial charge is 0.493 e. The molecule has 0 radical (unpaired) electrons. The number of ether oxygens (including phenoxy) is 1. The number of carbonyl (C=O) groups excluding carboxylic acids is 1. The van der Waals surface area contributed by atoms with E-state index in [9.17, 15) is 13.2 Å². The van der Waals surface area contributed by atoms with Crippen LogP contribution < -0.4 is 14.8 Å². The third kappa shape index (κ3) is 3.03. The van der Waals surface area contributed by atoms with Crippen LogP contribution >= 0.6 is 0 Å². The molecule has 0 bridgehead atoms. The predicted molar refractivity (Wildman–Crippen MR) is 76.6 cm³/mol. The summed E-state index contributed by atoms with van der Waals surface area (Å²) in [4.78, 5) is 12.0. The van der Waals surface area contributed by atoms with Crippen LogP contribution in [0.1, 0.15) is 24.8 Å².